The quantitative estimate of drug-likeness (QED) is 0.337. The third-order valence-corrected chi connectivity index (χ3v) is 7.47. The van der Waals surface area contributed by atoms with Gasteiger partial charge in [0.2, 0.25) is 0 Å². The first kappa shape index (κ1) is 24.0. The van der Waals surface area contributed by atoms with Crippen molar-refractivity contribution in [2.75, 3.05) is 0 Å². The molecule has 3 aromatic heterocycles. The number of aromatic nitrogens is 8. The number of nitrogens with one attached hydrogen (secondary N) is 2. The Bertz CT molecular complexity index is 1670. The van der Waals surface area contributed by atoms with Crippen LogP contribution in [0.2, 0.25) is 0 Å². The van der Waals surface area contributed by atoms with Crippen LogP contribution in [0.3, 0.4) is 0 Å². The fraction of sp³-hybridized carbons (Fsp3) is 0.357. The standard InChI is InChI=1S/C28H30N8O2/c1-2-16-35-26-23(27(37)30-28(35)38)36(25(29-26)20-8-4-3-5-9-20)17-18-12-14-19(15-13-18)21-10-6-7-11-22(21)24-31-33-34-32-24/h6-7,10-15,20H,2-5,8-9,16-17H2,1H3,(H,30,37,38)(H,31,32,33,34). The molecular weight excluding hydrogens is 480 g/mol. The predicted octanol–water partition coefficient (Wildman–Crippen LogP) is 4.24. The van der Waals surface area contributed by atoms with Crippen molar-refractivity contribution >= 4 is 11.2 Å². The van der Waals surface area contributed by atoms with Gasteiger partial charge in [0.25, 0.3) is 5.56 Å². The van der Waals surface area contributed by atoms with E-state index >= 15 is 0 Å². The van der Waals surface area contributed by atoms with Crippen molar-refractivity contribution in [3.63, 3.8) is 0 Å². The summed E-state index contributed by atoms with van der Waals surface area (Å²) in [6.07, 6.45) is 6.41. The van der Waals surface area contributed by atoms with Crippen molar-refractivity contribution < 1.29 is 0 Å². The summed E-state index contributed by atoms with van der Waals surface area (Å²) in [7, 11) is 0. The monoisotopic (exact) mass is 510 g/mol. The molecule has 2 N–H and O–H groups in total. The van der Waals surface area contributed by atoms with E-state index in [0.717, 1.165) is 60.2 Å². The first-order chi connectivity index (χ1) is 18.6. The average molecular weight is 511 g/mol. The lowest BCUT2D eigenvalue weighted by atomic mass is 9.88. The maximum Gasteiger partial charge on any atom is 0.330 e. The number of aryl methyl sites for hydroxylation is 1. The second kappa shape index (κ2) is 10.2. The Kier molecular flexibility index (Phi) is 6.45. The molecule has 3 heterocycles. The molecule has 10 heteroatoms. The minimum atomic E-state index is -0.394. The summed E-state index contributed by atoms with van der Waals surface area (Å²) < 4.78 is 3.65. The smallest absolute Gasteiger partial charge is 0.317 e. The Balaban J connectivity index is 1.41. The molecule has 38 heavy (non-hydrogen) atoms. The number of imidazole rings is 1. The summed E-state index contributed by atoms with van der Waals surface area (Å²) in [4.78, 5) is 33.2. The highest BCUT2D eigenvalue weighted by Gasteiger charge is 2.25. The third kappa shape index (κ3) is 4.36. The van der Waals surface area contributed by atoms with Crippen molar-refractivity contribution in [2.45, 2.75) is 64.5 Å². The van der Waals surface area contributed by atoms with Gasteiger partial charge in [-0.25, -0.2) is 14.9 Å². The fourth-order valence-electron chi connectivity index (χ4n) is 5.64. The number of hydrogen-bond donors (Lipinski definition) is 2. The number of benzene rings is 2. The number of aromatic amines is 2. The van der Waals surface area contributed by atoms with Crippen molar-refractivity contribution in [1.82, 2.24) is 39.7 Å². The first-order valence-electron chi connectivity index (χ1n) is 13.3. The Morgan fingerprint density at radius 2 is 1.71 bits per heavy atom. The molecule has 1 aliphatic rings. The second-order valence-corrected chi connectivity index (χ2v) is 9.97. The Labute approximate surface area is 218 Å². The zero-order valence-electron chi connectivity index (χ0n) is 21.4. The lowest BCUT2D eigenvalue weighted by Gasteiger charge is -2.22. The summed E-state index contributed by atoms with van der Waals surface area (Å²) >= 11 is 0. The van der Waals surface area contributed by atoms with E-state index in [4.69, 9.17) is 4.98 Å². The van der Waals surface area contributed by atoms with Gasteiger partial charge in [-0.1, -0.05) is 74.7 Å². The molecule has 194 valence electrons. The molecule has 6 rings (SSSR count). The summed E-state index contributed by atoms with van der Waals surface area (Å²) in [6.45, 7) is 3.03. The van der Waals surface area contributed by atoms with Gasteiger partial charge in [0.05, 0.1) is 0 Å². The SMILES string of the molecule is CCCn1c(=O)[nH]c(=O)c2c1nc(C1CCCCC1)n2Cc1ccc(-c2ccccc2-c2nnn[nH]2)cc1. The van der Waals surface area contributed by atoms with Crippen LogP contribution in [-0.4, -0.2) is 39.7 Å². The minimum absolute atomic E-state index is 0.280. The van der Waals surface area contributed by atoms with Crippen LogP contribution >= 0.6 is 0 Å². The molecule has 1 aliphatic carbocycles. The van der Waals surface area contributed by atoms with Crippen molar-refractivity contribution in [3.05, 3.63) is 80.8 Å². The molecule has 5 aromatic rings. The summed E-state index contributed by atoms with van der Waals surface area (Å²) in [5.74, 6) is 1.80. The van der Waals surface area contributed by atoms with Crippen LogP contribution in [0.1, 0.15) is 62.8 Å². The van der Waals surface area contributed by atoms with Crippen molar-refractivity contribution in [3.8, 4) is 22.5 Å². The highest BCUT2D eigenvalue weighted by molar-refractivity contribution is 5.80. The van der Waals surface area contributed by atoms with Gasteiger partial charge in [-0.3, -0.25) is 14.3 Å². The van der Waals surface area contributed by atoms with E-state index in [-0.39, 0.29) is 11.5 Å². The van der Waals surface area contributed by atoms with Gasteiger partial charge in [0.1, 0.15) is 5.82 Å². The first-order valence-corrected chi connectivity index (χ1v) is 13.3. The van der Waals surface area contributed by atoms with E-state index in [0.29, 0.717) is 30.1 Å². The Morgan fingerprint density at radius 3 is 2.42 bits per heavy atom. The molecule has 0 radical (unpaired) electrons. The third-order valence-electron chi connectivity index (χ3n) is 7.47. The molecule has 0 unspecified atom stereocenters. The zero-order chi connectivity index (χ0) is 26.1. The maximum atomic E-state index is 13.1. The molecule has 0 bridgehead atoms. The predicted molar refractivity (Wildman–Crippen MR) is 145 cm³/mol. The van der Waals surface area contributed by atoms with Crippen LogP contribution in [0.5, 0.6) is 0 Å². The molecule has 1 fully saturated rings. The molecule has 10 nitrogen and oxygen atoms in total. The van der Waals surface area contributed by atoms with Gasteiger partial charge in [-0.05, 0) is 46.4 Å². The van der Waals surface area contributed by atoms with E-state index in [9.17, 15) is 9.59 Å². The van der Waals surface area contributed by atoms with Gasteiger partial charge < -0.3 is 4.57 Å². The van der Waals surface area contributed by atoms with E-state index < -0.39 is 5.69 Å². The van der Waals surface area contributed by atoms with Crippen molar-refractivity contribution in [1.29, 1.82) is 0 Å². The minimum Gasteiger partial charge on any atom is -0.317 e. The van der Waals surface area contributed by atoms with Gasteiger partial charge in [-0.15, -0.1) is 5.10 Å². The van der Waals surface area contributed by atoms with Crippen LogP contribution < -0.4 is 11.2 Å². The fourth-order valence-corrected chi connectivity index (χ4v) is 5.64. The zero-order valence-corrected chi connectivity index (χ0v) is 21.4. The maximum absolute atomic E-state index is 13.1. The molecule has 0 aliphatic heterocycles. The van der Waals surface area contributed by atoms with E-state index in [1.165, 1.54) is 6.42 Å². The normalized spacial score (nSPS) is 14.3. The van der Waals surface area contributed by atoms with Crippen LogP contribution in [0, 0.1) is 0 Å². The lowest BCUT2D eigenvalue weighted by molar-refractivity contribution is 0.420. The van der Waals surface area contributed by atoms with Gasteiger partial charge in [-0.2, -0.15) is 0 Å². The summed E-state index contributed by atoms with van der Waals surface area (Å²) in [5, 5.41) is 14.3. The molecule has 0 amide bonds. The molecule has 0 atom stereocenters. The summed E-state index contributed by atoms with van der Waals surface area (Å²) in [5.41, 5.74) is 4.24. The molecule has 0 spiro atoms. The number of rotatable bonds is 7. The van der Waals surface area contributed by atoms with E-state index in [1.54, 1.807) is 4.57 Å². The number of H-pyrrole nitrogens is 2. The summed E-state index contributed by atoms with van der Waals surface area (Å²) in [6, 6.07) is 16.3. The number of fused-ring (bicyclic) bond motifs is 1. The van der Waals surface area contributed by atoms with Gasteiger partial charge in [0, 0.05) is 24.6 Å². The average Bonchev–Trinajstić information content (AvgIpc) is 3.61. The Morgan fingerprint density at radius 1 is 0.947 bits per heavy atom. The molecular formula is C28H30N8O2. The largest absolute Gasteiger partial charge is 0.330 e. The van der Waals surface area contributed by atoms with Crippen LogP contribution in [0.4, 0.5) is 0 Å². The van der Waals surface area contributed by atoms with Crippen LogP contribution in [0.25, 0.3) is 33.7 Å². The highest BCUT2D eigenvalue weighted by Crippen LogP contribution is 2.34. The Hall–Kier alpha value is -4.34. The molecule has 1 saturated carbocycles. The van der Waals surface area contributed by atoms with Gasteiger partial charge >= 0.3 is 5.69 Å². The van der Waals surface area contributed by atoms with Crippen molar-refractivity contribution in [2.24, 2.45) is 0 Å². The second-order valence-electron chi connectivity index (χ2n) is 9.97. The molecule has 2 aromatic carbocycles. The van der Waals surface area contributed by atoms with Gasteiger partial charge in [0.15, 0.2) is 17.0 Å². The highest BCUT2D eigenvalue weighted by atomic mass is 16.2. The van der Waals surface area contributed by atoms with Crippen LogP contribution in [0.15, 0.2) is 58.1 Å². The van der Waals surface area contributed by atoms with Crippen LogP contribution in [-0.2, 0) is 13.1 Å². The van der Waals surface area contributed by atoms with E-state index in [2.05, 4.69) is 49.9 Å². The number of nitrogens with zero attached hydrogens (tertiary/aromatic N) is 6. The number of tetrazole rings is 1. The molecule has 0 saturated heterocycles. The van der Waals surface area contributed by atoms with E-state index in [1.807, 2.05) is 35.8 Å². The topological polar surface area (TPSA) is 127 Å². The lowest BCUT2D eigenvalue weighted by Crippen LogP contribution is -2.31. The number of hydrogen-bond acceptors (Lipinski definition) is 6.